The summed E-state index contributed by atoms with van der Waals surface area (Å²) in [5.41, 5.74) is 2.08. The molecule has 1 saturated heterocycles. The highest BCUT2D eigenvalue weighted by atomic mass is 19.1. The van der Waals surface area contributed by atoms with Crippen molar-refractivity contribution in [3.63, 3.8) is 0 Å². The van der Waals surface area contributed by atoms with Crippen LogP contribution in [0.15, 0.2) is 53.3 Å². The second-order valence-electron chi connectivity index (χ2n) is 8.21. The van der Waals surface area contributed by atoms with Crippen LogP contribution in [0, 0.1) is 24.6 Å². The summed E-state index contributed by atoms with van der Waals surface area (Å²) < 4.78 is 15.0. The highest BCUT2D eigenvalue weighted by molar-refractivity contribution is 5.77. The number of fused-ring (bicyclic) bond motifs is 2. The third-order valence-electron chi connectivity index (χ3n) is 6.63. The predicted octanol–water partition coefficient (Wildman–Crippen LogP) is 3.58. The number of nitrogens with zero attached hydrogens (tertiary/aromatic N) is 3. The van der Waals surface area contributed by atoms with Gasteiger partial charge in [0.05, 0.1) is 10.9 Å². The molecule has 3 aromatic rings. The van der Waals surface area contributed by atoms with Crippen LogP contribution in [0.5, 0.6) is 0 Å². The fourth-order valence-corrected chi connectivity index (χ4v) is 5.06. The average molecular weight is 377 g/mol. The first-order valence-corrected chi connectivity index (χ1v) is 10.0. The van der Waals surface area contributed by atoms with Crippen molar-refractivity contribution in [1.82, 2.24) is 14.5 Å². The molecule has 5 heteroatoms. The molecular weight excluding hydrogens is 353 g/mol. The van der Waals surface area contributed by atoms with E-state index < -0.39 is 0 Å². The zero-order chi connectivity index (χ0) is 19.3. The van der Waals surface area contributed by atoms with Crippen LogP contribution in [0.2, 0.25) is 0 Å². The molecule has 0 spiro atoms. The number of hydrogen-bond donors (Lipinski definition) is 0. The van der Waals surface area contributed by atoms with Gasteiger partial charge in [-0.1, -0.05) is 24.3 Å². The molecule has 0 bridgehead atoms. The quantitative estimate of drug-likeness (QED) is 0.698. The minimum Gasteiger partial charge on any atom is -0.301 e. The summed E-state index contributed by atoms with van der Waals surface area (Å²) in [6, 6.07) is 14.5. The normalized spacial score (nSPS) is 24.3. The average Bonchev–Trinajstić information content (AvgIpc) is 2.99. The van der Waals surface area contributed by atoms with Gasteiger partial charge in [0.1, 0.15) is 11.6 Å². The lowest BCUT2D eigenvalue weighted by atomic mass is 9.64. The molecular formula is C23H24FN3O. The van der Waals surface area contributed by atoms with E-state index >= 15 is 0 Å². The molecule has 28 heavy (non-hydrogen) atoms. The highest BCUT2D eigenvalue weighted by Crippen LogP contribution is 2.51. The lowest BCUT2D eigenvalue weighted by molar-refractivity contribution is 0.191. The first-order chi connectivity index (χ1) is 13.6. The number of halogens is 1. The summed E-state index contributed by atoms with van der Waals surface area (Å²) in [6.07, 6.45) is 1.18. The molecule has 2 aromatic carbocycles. The van der Waals surface area contributed by atoms with E-state index in [1.807, 2.05) is 43.3 Å². The van der Waals surface area contributed by atoms with E-state index in [1.54, 1.807) is 16.7 Å². The van der Waals surface area contributed by atoms with Gasteiger partial charge in [-0.25, -0.2) is 9.37 Å². The Hall–Kier alpha value is -2.53. The maximum atomic E-state index is 13.2. The van der Waals surface area contributed by atoms with E-state index in [1.165, 1.54) is 12.0 Å². The Labute approximate surface area is 163 Å². The largest absolute Gasteiger partial charge is 0.301 e. The van der Waals surface area contributed by atoms with Crippen LogP contribution in [-0.2, 0) is 6.54 Å². The van der Waals surface area contributed by atoms with Crippen LogP contribution in [0.25, 0.3) is 10.9 Å². The first kappa shape index (κ1) is 17.6. The molecule has 2 heterocycles. The monoisotopic (exact) mass is 377 g/mol. The zero-order valence-electron chi connectivity index (χ0n) is 16.0. The molecule has 5 rings (SSSR count). The van der Waals surface area contributed by atoms with Gasteiger partial charge in [0.2, 0.25) is 0 Å². The van der Waals surface area contributed by atoms with Gasteiger partial charge in [-0.3, -0.25) is 9.36 Å². The maximum absolute atomic E-state index is 13.2. The van der Waals surface area contributed by atoms with E-state index in [0.29, 0.717) is 23.8 Å². The topological polar surface area (TPSA) is 38.1 Å². The van der Waals surface area contributed by atoms with E-state index in [-0.39, 0.29) is 11.4 Å². The predicted molar refractivity (Wildman–Crippen MR) is 108 cm³/mol. The maximum Gasteiger partial charge on any atom is 0.261 e. The van der Waals surface area contributed by atoms with Crippen molar-refractivity contribution in [2.45, 2.75) is 25.8 Å². The lowest BCUT2D eigenvalue weighted by Crippen LogP contribution is -2.33. The Morgan fingerprint density at radius 3 is 2.68 bits per heavy atom. The van der Waals surface area contributed by atoms with Crippen molar-refractivity contribution in [2.24, 2.45) is 11.8 Å². The molecule has 1 aliphatic heterocycles. The van der Waals surface area contributed by atoms with Crippen LogP contribution in [0.3, 0.4) is 0 Å². The van der Waals surface area contributed by atoms with Gasteiger partial charge in [0, 0.05) is 26.2 Å². The Balaban J connectivity index is 1.27. The minimum absolute atomic E-state index is 0.0504. The van der Waals surface area contributed by atoms with Crippen molar-refractivity contribution < 1.29 is 4.39 Å². The number of hydrogen-bond acceptors (Lipinski definition) is 3. The number of para-hydroxylation sites is 1. The molecule has 0 N–H and O–H groups in total. The molecule has 0 amide bonds. The summed E-state index contributed by atoms with van der Waals surface area (Å²) >= 11 is 0. The highest BCUT2D eigenvalue weighted by Gasteiger charge is 2.47. The lowest BCUT2D eigenvalue weighted by Gasteiger charge is -2.40. The summed E-state index contributed by atoms with van der Waals surface area (Å²) in [5.74, 6) is 2.52. The Kier molecular flexibility index (Phi) is 4.27. The molecule has 1 aromatic heterocycles. The number of rotatable bonds is 4. The molecule has 2 aliphatic rings. The van der Waals surface area contributed by atoms with Crippen molar-refractivity contribution in [3.8, 4) is 0 Å². The Bertz CT molecular complexity index is 1080. The SMILES string of the molecule is Cc1nc2ccccc2c(=O)n1CCN1CC2CC(c3ccc(F)cc3)C2C1. The fourth-order valence-electron chi connectivity index (χ4n) is 5.06. The third kappa shape index (κ3) is 2.94. The minimum atomic E-state index is -0.169. The van der Waals surface area contributed by atoms with Crippen molar-refractivity contribution >= 4 is 10.9 Å². The van der Waals surface area contributed by atoms with Crippen LogP contribution < -0.4 is 5.56 Å². The molecule has 2 fully saturated rings. The van der Waals surface area contributed by atoms with Crippen molar-refractivity contribution in [3.05, 3.63) is 76.1 Å². The second-order valence-corrected chi connectivity index (χ2v) is 8.21. The van der Waals surface area contributed by atoms with E-state index in [9.17, 15) is 9.18 Å². The van der Waals surface area contributed by atoms with Gasteiger partial charge in [-0.05, 0) is 60.9 Å². The molecule has 1 aliphatic carbocycles. The third-order valence-corrected chi connectivity index (χ3v) is 6.63. The standard InChI is InChI=1S/C23H24FN3O/c1-15-25-22-5-3-2-4-19(22)23(28)27(15)11-10-26-13-17-12-20(21(17)14-26)16-6-8-18(24)9-7-16/h2-9,17,20-21H,10-14H2,1H3. The van der Waals surface area contributed by atoms with Crippen LogP contribution in [0.4, 0.5) is 4.39 Å². The number of benzene rings is 2. The van der Waals surface area contributed by atoms with Gasteiger partial charge in [0.25, 0.3) is 5.56 Å². The first-order valence-electron chi connectivity index (χ1n) is 10.0. The van der Waals surface area contributed by atoms with E-state index in [4.69, 9.17) is 0 Å². The fraction of sp³-hybridized carbons (Fsp3) is 0.391. The summed E-state index contributed by atoms with van der Waals surface area (Å²) in [5, 5.41) is 0.686. The summed E-state index contributed by atoms with van der Waals surface area (Å²) in [6.45, 7) is 5.60. The van der Waals surface area contributed by atoms with Crippen LogP contribution in [-0.4, -0.2) is 34.1 Å². The summed E-state index contributed by atoms with van der Waals surface area (Å²) in [4.78, 5) is 19.9. The number of likely N-dealkylation sites (tertiary alicyclic amines) is 1. The Morgan fingerprint density at radius 2 is 1.86 bits per heavy atom. The Morgan fingerprint density at radius 1 is 1.07 bits per heavy atom. The zero-order valence-corrected chi connectivity index (χ0v) is 16.0. The smallest absolute Gasteiger partial charge is 0.261 e. The molecule has 4 nitrogen and oxygen atoms in total. The molecule has 144 valence electrons. The molecule has 1 saturated carbocycles. The van der Waals surface area contributed by atoms with Gasteiger partial charge >= 0.3 is 0 Å². The van der Waals surface area contributed by atoms with Crippen molar-refractivity contribution in [2.75, 3.05) is 19.6 Å². The van der Waals surface area contributed by atoms with Crippen molar-refractivity contribution in [1.29, 1.82) is 0 Å². The van der Waals surface area contributed by atoms with Crippen LogP contribution >= 0.6 is 0 Å². The van der Waals surface area contributed by atoms with Gasteiger partial charge in [0.15, 0.2) is 0 Å². The number of aryl methyl sites for hydroxylation is 1. The van der Waals surface area contributed by atoms with Gasteiger partial charge in [-0.15, -0.1) is 0 Å². The second kappa shape index (κ2) is 6.82. The summed E-state index contributed by atoms with van der Waals surface area (Å²) in [7, 11) is 0. The van der Waals surface area contributed by atoms with E-state index in [2.05, 4.69) is 9.88 Å². The van der Waals surface area contributed by atoms with Gasteiger partial charge in [-0.2, -0.15) is 0 Å². The molecule has 3 unspecified atom stereocenters. The van der Waals surface area contributed by atoms with E-state index in [0.717, 1.165) is 36.9 Å². The van der Waals surface area contributed by atoms with Gasteiger partial charge < -0.3 is 4.90 Å². The van der Waals surface area contributed by atoms with Crippen LogP contribution in [0.1, 0.15) is 23.7 Å². The number of aromatic nitrogens is 2. The molecule has 3 atom stereocenters. The molecule has 0 radical (unpaired) electrons.